The number of aromatic amines is 1. The molecule has 18 heteroatoms. The molecular formula is C22H22BrF3N10O4. The van der Waals surface area contributed by atoms with E-state index in [1.54, 1.807) is 22.9 Å². The third-order valence-corrected chi connectivity index (χ3v) is 5.91. The van der Waals surface area contributed by atoms with Gasteiger partial charge in [0.2, 0.25) is 23.3 Å². The number of hydrogen-bond donors (Lipinski definition) is 2. The molecule has 212 valence electrons. The number of aryl methyl sites for hydroxylation is 3. The van der Waals surface area contributed by atoms with Gasteiger partial charge in [-0.15, -0.1) is 10.2 Å². The van der Waals surface area contributed by atoms with Crippen LogP contribution in [0.25, 0.3) is 28.6 Å². The molecule has 0 radical (unpaired) electrons. The number of carboxylic acids is 1. The summed E-state index contributed by atoms with van der Waals surface area (Å²) < 4.78 is 41.1. The number of carbonyl (C=O) groups is 1. The van der Waals surface area contributed by atoms with Gasteiger partial charge in [0.15, 0.2) is 15.9 Å². The fourth-order valence-electron chi connectivity index (χ4n) is 3.72. The molecule has 0 aliphatic heterocycles. The lowest BCUT2D eigenvalue weighted by Crippen LogP contribution is -2.21. The third kappa shape index (κ3) is 6.49. The Hall–Kier alpha value is -4.22. The predicted octanol–water partition coefficient (Wildman–Crippen LogP) is 3.37. The Morgan fingerprint density at radius 2 is 1.82 bits per heavy atom. The number of hydrogen-bond acceptors (Lipinski definition) is 10. The Kier molecular flexibility index (Phi) is 8.86. The highest BCUT2D eigenvalue weighted by Gasteiger charge is 2.38. The molecule has 14 nitrogen and oxygen atoms in total. The van der Waals surface area contributed by atoms with Crippen LogP contribution >= 0.6 is 15.9 Å². The lowest BCUT2D eigenvalue weighted by Gasteiger charge is -2.09. The largest absolute Gasteiger partial charge is 0.490 e. The number of halogens is 4. The van der Waals surface area contributed by atoms with Crippen molar-refractivity contribution >= 4 is 38.8 Å². The van der Waals surface area contributed by atoms with Crippen molar-refractivity contribution in [2.75, 3.05) is 0 Å². The highest BCUT2D eigenvalue weighted by molar-refractivity contribution is 9.10. The second kappa shape index (κ2) is 12.3. The van der Waals surface area contributed by atoms with Crippen LogP contribution in [0.2, 0.25) is 0 Å². The lowest BCUT2D eigenvalue weighted by atomic mass is 10.2. The molecule has 5 rings (SSSR count). The van der Waals surface area contributed by atoms with E-state index >= 15 is 0 Å². The van der Waals surface area contributed by atoms with Crippen molar-refractivity contribution in [3.8, 4) is 11.6 Å². The number of nitrogens with one attached hydrogen (secondary N) is 1. The van der Waals surface area contributed by atoms with Gasteiger partial charge >= 0.3 is 12.1 Å². The number of alkyl halides is 3. The molecule has 0 unspecified atom stereocenters. The average Bonchev–Trinajstić information content (AvgIpc) is 3.65. The van der Waals surface area contributed by atoms with Gasteiger partial charge in [-0.2, -0.15) is 18.2 Å². The molecule has 0 aliphatic rings. The summed E-state index contributed by atoms with van der Waals surface area (Å²) in [6.07, 6.45) is 2.99. The smallest absolute Gasteiger partial charge is 0.475 e. The zero-order valence-corrected chi connectivity index (χ0v) is 22.5. The van der Waals surface area contributed by atoms with Crippen LogP contribution < -0.4 is 5.56 Å². The maximum atomic E-state index is 13.2. The minimum absolute atomic E-state index is 0.216. The van der Waals surface area contributed by atoms with Crippen molar-refractivity contribution in [1.82, 2.24) is 49.2 Å². The summed E-state index contributed by atoms with van der Waals surface area (Å²) in [5.41, 5.74) is 0.790. The van der Waals surface area contributed by atoms with E-state index in [1.165, 1.54) is 0 Å². The average molecular weight is 627 g/mol. The van der Waals surface area contributed by atoms with Crippen molar-refractivity contribution in [3.63, 3.8) is 0 Å². The zero-order chi connectivity index (χ0) is 28.9. The molecule has 5 aromatic rings. The predicted molar refractivity (Wildman–Crippen MR) is 135 cm³/mol. The maximum Gasteiger partial charge on any atom is 0.490 e. The van der Waals surface area contributed by atoms with Crippen LogP contribution in [0.4, 0.5) is 13.2 Å². The van der Waals surface area contributed by atoms with Gasteiger partial charge in [-0.25, -0.2) is 24.1 Å². The van der Waals surface area contributed by atoms with Crippen LogP contribution in [-0.2, 0) is 24.2 Å². The van der Waals surface area contributed by atoms with Gasteiger partial charge in [-0.05, 0) is 34.8 Å². The SMILES string of the molecule is CCCCCn1c2nc(Br)[nH]c2c(=O)n2c(CCCc3nc(-c4ncccn4)no3)nnc12.O=C(O)C(F)(F)F. The number of nitrogens with zero attached hydrogens (tertiary/aromatic N) is 9. The summed E-state index contributed by atoms with van der Waals surface area (Å²) in [5.74, 6) is -0.442. The van der Waals surface area contributed by atoms with Gasteiger partial charge in [0.25, 0.3) is 5.56 Å². The van der Waals surface area contributed by atoms with Crippen LogP contribution in [0.3, 0.4) is 0 Å². The quantitative estimate of drug-likeness (QED) is 0.181. The lowest BCUT2D eigenvalue weighted by molar-refractivity contribution is -0.192. The first-order chi connectivity index (χ1) is 19.1. The Morgan fingerprint density at radius 3 is 2.50 bits per heavy atom. The van der Waals surface area contributed by atoms with Crippen LogP contribution in [-0.4, -0.2) is 66.5 Å². The molecular weight excluding hydrogens is 605 g/mol. The molecule has 0 aliphatic carbocycles. The van der Waals surface area contributed by atoms with E-state index in [4.69, 9.17) is 14.4 Å². The number of unbranched alkanes of at least 4 members (excludes halogenated alkanes) is 2. The Bertz CT molecular complexity index is 1660. The molecule has 0 saturated carbocycles. The normalized spacial score (nSPS) is 11.6. The molecule has 40 heavy (non-hydrogen) atoms. The molecule has 2 N–H and O–H groups in total. The van der Waals surface area contributed by atoms with Crippen LogP contribution in [0.5, 0.6) is 0 Å². The second-order valence-electron chi connectivity index (χ2n) is 8.38. The second-order valence-corrected chi connectivity index (χ2v) is 9.13. The Morgan fingerprint density at radius 1 is 1.10 bits per heavy atom. The minimum Gasteiger partial charge on any atom is -0.475 e. The van der Waals surface area contributed by atoms with Gasteiger partial charge in [0.05, 0.1) is 0 Å². The maximum absolute atomic E-state index is 13.2. The van der Waals surface area contributed by atoms with Crippen LogP contribution in [0, 0.1) is 0 Å². The number of aliphatic carboxylic acids is 1. The van der Waals surface area contributed by atoms with Gasteiger partial charge < -0.3 is 14.6 Å². The first-order valence-corrected chi connectivity index (χ1v) is 12.8. The van der Waals surface area contributed by atoms with Crippen LogP contribution in [0.1, 0.15) is 44.3 Å². The van der Waals surface area contributed by atoms with Crippen molar-refractivity contribution in [3.05, 3.63) is 45.3 Å². The monoisotopic (exact) mass is 626 g/mol. The van der Waals surface area contributed by atoms with E-state index in [1.807, 2.05) is 4.57 Å². The summed E-state index contributed by atoms with van der Waals surface area (Å²) in [6, 6.07) is 1.72. The molecule has 0 spiro atoms. The fraction of sp³-hybridized carbons (Fsp3) is 0.409. The summed E-state index contributed by atoms with van der Waals surface area (Å²) in [4.78, 5) is 42.1. The molecule has 5 heterocycles. The van der Waals surface area contributed by atoms with Gasteiger partial charge in [0.1, 0.15) is 5.82 Å². The highest BCUT2D eigenvalue weighted by Crippen LogP contribution is 2.18. The fourth-order valence-corrected chi connectivity index (χ4v) is 4.09. The standard InChI is InChI=1S/C20H21BrN10O2.C2HF3O2/c1-2-3-4-11-30-17-14(25-19(21)26-17)18(32)31-12(27-28-20(30)31)7-5-8-13-24-16(29-33-13)15-22-9-6-10-23-15;3-2(4,5)1(6)7/h6,9-10H,2-5,7-8,11H2,1H3,(H,25,26);(H,6,7). The number of H-pyrrole nitrogens is 1. The van der Waals surface area contributed by atoms with Crippen molar-refractivity contribution in [2.24, 2.45) is 0 Å². The number of aromatic nitrogens is 10. The van der Waals surface area contributed by atoms with E-state index in [-0.39, 0.29) is 5.56 Å². The third-order valence-electron chi connectivity index (χ3n) is 5.54. The summed E-state index contributed by atoms with van der Waals surface area (Å²) >= 11 is 3.34. The zero-order valence-electron chi connectivity index (χ0n) is 20.9. The number of fused-ring (bicyclic) bond motifs is 2. The first kappa shape index (κ1) is 28.8. The summed E-state index contributed by atoms with van der Waals surface area (Å²) in [6.45, 7) is 2.85. The molecule has 0 bridgehead atoms. The number of imidazole rings is 1. The van der Waals surface area contributed by atoms with E-state index < -0.39 is 12.1 Å². The summed E-state index contributed by atoms with van der Waals surface area (Å²) in [7, 11) is 0. The van der Waals surface area contributed by atoms with Crippen LogP contribution in [0.15, 0.2) is 32.5 Å². The van der Waals surface area contributed by atoms with E-state index in [9.17, 15) is 18.0 Å². The Balaban J connectivity index is 0.000000470. The molecule has 0 saturated heterocycles. The molecule has 0 amide bonds. The first-order valence-electron chi connectivity index (χ1n) is 12.0. The molecule has 5 aromatic heterocycles. The van der Waals surface area contributed by atoms with Crippen molar-refractivity contribution < 1.29 is 27.6 Å². The molecule has 0 atom stereocenters. The van der Waals surface area contributed by atoms with Gasteiger partial charge in [-0.3, -0.25) is 9.36 Å². The topological polar surface area (TPSA) is 183 Å². The highest BCUT2D eigenvalue weighted by atomic mass is 79.9. The van der Waals surface area contributed by atoms with E-state index in [0.717, 1.165) is 19.3 Å². The number of rotatable bonds is 9. The van der Waals surface area contributed by atoms with E-state index in [0.29, 0.717) is 70.8 Å². The van der Waals surface area contributed by atoms with Gasteiger partial charge in [-0.1, -0.05) is 24.9 Å². The van der Waals surface area contributed by atoms with E-state index in [2.05, 4.69) is 63.1 Å². The van der Waals surface area contributed by atoms with Crippen molar-refractivity contribution in [2.45, 2.75) is 58.2 Å². The number of carboxylic acid groups (broad SMARTS) is 1. The van der Waals surface area contributed by atoms with Crippen molar-refractivity contribution in [1.29, 1.82) is 0 Å². The molecule has 0 fully saturated rings. The molecule has 0 aromatic carbocycles. The Labute approximate surface area is 230 Å². The summed E-state index contributed by atoms with van der Waals surface area (Å²) in [5, 5.41) is 19.7. The van der Waals surface area contributed by atoms with Gasteiger partial charge in [0, 0.05) is 31.8 Å². The minimum atomic E-state index is -5.08.